The Balaban J connectivity index is 0.00000420. The molecule has 0 aliphatic heterocycles. The molecule has 0 atom stereocenters. The number of aryl methyl sites for hydroxylation is 1. The Kier molecular flexibility index (Phi) is 10.0. The maximum absolute atomic E-state index is 13.4. The zero-order valence-corrected chi connectivity index (χ0v) is 25.4. The molecule has 1 amide bonds. The van der Waals surface area contributed by atoms with Gasteiger partial charge < -0.3 is 15.2 Å². The van der Waals surface area contributed by atoms with Gasteiger partial charge in [0.05, 0.1) is 28.0 Å². The van der Waals surface area contributed by atoms with E-state index < -0.39 is 26.7 Å². The van der Waals surface area contributed by atoms with Gasteiger partial charge in [0.2, 0.25) is 0 Å². The summed E-state index contributed by atoms with van der Waals surface area (Å²) in [6.07, 6.45) is 0. The van der Waals surface area contributed by atoms with Crippen molar-refractivity contribution in [1.29, 1.82) is 0 Å². The van der Waals surface area contributed by atoms with E-state index in [0.717, 1.165) is 0 Å². The van der Waals surface area contributed by atoms with E-state index in [1.807, 2.05) is 6.92 Å². The number of azo groups is 1. The monoisotopic (exact) mass is 595 g/mol. The van der Waals surface area contributed by atoms with Gasteiger partial charge in [-0.1, -0.05) is 53.2 Å². The van der Waals surface area contributed by atoms with Gasteiger partial charge in [0.15, 0.2) is 0 Å². The van der Waals surface area contributed by atoms with Crippen LogP contribution in [-0.2, 0) is 10.1 Å². The van der Waals surface area contributed by atoms with Crippen molar-refractivity contribution in [2.24, 2.45) is 10.2 Å². The smallest absolute Gasteiger partial charge is 0.870 e. The Bertz CT molecular complexity index is 1690. The summed E-state index contributed by atoms with van der Waals surface area (Å²) in [5.41, 5.74) is 0.387. The molecule has 0 aliphatic carbocycles. The van der Waals surface area contributed by atoms with E-state index in [2.05, 4.69) is 15.5 Å². The van der Waals surface area contributed by atoms with Crippen LogP contribution in [0, 0.1) is 6.92 Å². The van der Waals surface area contributed by atoms with Crippen LogP contribution in [0.5, 0.6) is 11.5 Å². The first-order valence-corrected chi connectivity index (χ1v) is 13.3. The number of carbonyl (C=O) groups is 1. The van der Waals surface area contributed by atoms with Gasteiger partial charge in [0.25, 0.3) is 16.0 Å². The normalized spacial score (nSPS) is 11.4. The summed E-state index contributed by atoms with van der Waals surface area (Å²) < 4.78 is 37.9. The largest absolute Gasteiger partial charge is 1.00 e. The van der Waals surface area contributed by atoms with E-state index in [4.69, 9.17) is 27.9 Å². The summed E-state index contributed by atoms with van der Waals surface area (Å²) in [5, 5.41) is 25.3. The number of fused-ring (bicyclic) bond motifs is 1. The molecule has 0 saturated carbocycles. The summed E-state index contributed by atoms with van der Waals surface area (Å²) in [6, 6.07) is 15.6. The zero-order chi connectivity index (χ0) is 27.6. The van der Waals surface area contributed by atoms with Crippen LogP contribution in [0.25, 0.3) is 10.8 Å². The first kappa shape index (κ1) is 30.8. The summed E-state index contributed by atoms with van der Waals surface area (Å²) in [4.78, 5) is 12.6. The van der Waals surface area contributed by atoms with Crippen LogP contribution < -0.4 is 44.7 Å². The van der Waals surface area contributed by atoms with Gasteiger partial charge in [-0.15, -0.1) is 0 Å². The second kappa shape index (κ2) is 12.6. The number of amides is 1. The van der Waals surface area contributed by atoms with Crippen molar-refractivity contribution in [1.82, 2.24) is 0 Å². The predicted octanol–water partition coefficient (Wildman–Crippen LogP) is 3.85. The van der Waals surface area contributed by atoms with Gasteiger partial charge in [-0.25, -0.2) is 0 Å². The van der Waals surface area contributed by atoms with Crippen LogP contribution in [0.1, 0.15) is 22.8 Å². The number of hydrogen-bond donors (Lipinski definition) is 2. The molecule has 0 aromatic heterocycles. The van der Waals surface area contributed by atoms with Crippen LogP contribution in [0.3, 0.4) is 0 Å². The Hall–Kier alpha value is -2.70. The minimum atomic E-state index is -4.55. The van der Waals surface area contributed by atoms with E-state index in [0.29, 0.717) is 33.8 Å². The van der Waals surface area contributed by atoms with Gasteiger partial charge in [0, 0.05) is 16.6 Å². The molecule has 9 nitrogen and oxygen atoms in total. The molecule has 13 heteroatoms. The van der Waals surface area contributed by atoms with Gasteiger partial charge in [-0.3, -0.25) is 9.35 Å². The molecular weight excluding hydrogens is 576 g/mol. The van der Waals surface area contributed by atoms with Gasteiger partial charge in [-0.2, -0.15) is 18.6 Å². The number of nitrogens with one attached hydrogen (secondary N) is 1. The fourth-order valence-corrected chi connectivity index (χ4v) is 5.39. The third-order valence-corrected chi connectivity index (χ3v) is 7.21. The number of rotatable bonds is 7. The summed E-state index contributed by atoms with van der Waals surface area (Å²) >= 11 is 12.2. The van der Waals surface area contributed by atoms with E-state index in [-0.39, 0.29) is 57.1 Å². The van der Waals surface area contributed by atoms with Crippen molar-refractivity contribution in [2.45, 2.75) is 18.7 Å². The molecule has 4 aromatic carbocycles. The van der Waals surface area contributed by atoms with Crippen LogP contribution in [0.4, 0.5) is 17.1 Å². The van der Waals surface area contributed by atoms with Crippen molar-refractivity contribution in [3.8, 4) is 11.5 Å². The molecular formula is C26H20Cl2N3NaO6S. The summed E-state index contributed by atoms with van der Waals surface area (Å²) in [7, 11) is -4.55. The molecule has 4 aromatic rings. The minimum Gasteiger partial charge on any atom is -0.870 e. The number of benzene rings is 4. The van der Waals surface area contributed by atoms with Crippen molar-refractivity contribution in [3.05, 3.63) is 81.8 Å². The number of ether oxygens (including phenoxy) is 1. The Morgan fingerprint density at radius 3 is 2.41 bits per heavy atom. The number of carbonyl (C=O) groups excluding carboxylic acids is 1. The van der Waals surface area contributed by atoms with Gasteiger partial charge in [0.1, 0.15) is 10.6 Å². The third-order valence-electron chi connectivity index (χ3n) is 5.45. The molecule has 0 unspecified atom stereocenters. The summed E-state index contributed by atoms with van der Waals surface area (Å²) in [5.74, 6) is -0.877. The average Bonchev–Trinajstić information content (AvgIpc) is 2.83. The fraction of sp³-hybridized carbons (Fsp3) is 0.115. The second-order valence-corrected chi connectivity index (χ2v) is 10.3. The topological polar surface area (TPSA) is 140 Å². The molecule has 39 heavy (non-hydrogen) atoms. The summed E-state index contributed by atoms with van der Waals surface area (Å²) in [6.45, 7) is 3.68. The fourth-order valence-electron chi connectivity index (χ4n) is 3.83. The SMILES string of the molecule is CCOc1ccc(NC(=O)c2cc3ccccc3c(N=Nc3cc(C)c(S(=O)(=O)O)c(Cl)c3)c2[O-])cc1Cl.[Na+]. The molecule has 0 spiro atoms. The maximum atomic E-state index is 13.4. The molecule has 0 bridgehead atoms. The second-order valence-electron chi connectivity index (χ2n) is 8.10. The Morgan fingerprint density at radius 1 is 1.05 bits per heavy atom. The number of nitrogens with zero attached hydrogens (tertiary/aromatic N) is 2. The molecule has 0 radical (unpaired) electrons. The van der Waals surface area contributed by atoms with Crippen LogP contribution in [0.15, 0.2) is 75.8 Å². The van der Waals surface area contributed by atoms with Crippen LogP contribution >= 0.6 is 23.2 Å². The first-order chi connectivity index (χ1) is 18.0. The first-order valence-electron chi connectivity index (χ1n) is 11.2. The molecule has 0 fully saturated rings. The standard InChI is InChI=1S/C26H21Cl2N3O6S.Na/c1-3-37-22-9-8-16(12-20(22)27)29-26(33)19-11-15-6-4-5-7-18(15)23(24(19)32)31-30-17-10-14(2)25(21(28)13-17)38(34,35)36;/h4-13,32H,3H2,1-2H3,(H,29,33)(H,34,35,36);/q;+1/p-1. The molecule has 2 N–H and O–H groups in total. The van der Waals surface area contributed by atoms with Gasteiger partial charge in [-0.05, 0) is 61.2 Å². The number of halogens is 2. The van der Waals surface area contributed by atoms with E-state index >= 15 is 0 Å². The molecule has 0 saturated heterocycles. The molecule has 0 aliphatic rings. The number of hydrogen-bond acceptors (Lipinski definition) is 7. The average molecular weight is 596 g/mol. The van der Waals surface area contributed by atoms with Crippen molar-refractivity contribution in [3.63, 3.8) is 0 Å². The third kappa shape index (κ3) is 6.90. The van der Waals surface area contributed by atoms with Crippen molar-refractivity contribution >= 4 is 67.1 Å². The number of anilines is 1. The quantitative estimate of drug-likeness (QED) is 0.189. The molecule has 196 valence electrons. The molecule has 0 heterocycles. The van der Waals surface area contributed by atoms with Crippen LogP contribution in [0.2, 0.25) is 10.0 Å². The maximum Gasteiger partial charge on any atom is 1.00 e. The van der Waals surface area contributed by atoms with Crippen molar-refractivity contribution < 1.29 is 57.2 Å². The van der Waals surface area contributed by atoms with Crippen LogP contribution in [-0.4, -0.2) is 25.5 Å². The van der Waals surface area contributed by atoms with Gasteiger partial charge >= 0.3 is 29.6 Å². The molecule has 4 rings (SSSR count). The Labute approximate surface area is 256 Å². The minimum absolute atomic E-state index is 0. The van der Waals surface area contributed by atoms with E-state index in [1.54, 1.807) is 36.4 Å². The van der Waals surface area contributed by atoms with Crippen molar-refractivity contribution in [2.75, 3.05) is 11.9 Å². The Morgan fingerprint density at radius 2 is 1.77 bits per heavy atom. The predicted molar refractivity (Wildman–Crippen MR) is 144 cm³/mol. The van der Waals surface area contributed by atoms with E-state index in [1.165, 1.54) is 31.2 Å². The zero-order valence-electron chi connectivity index (χ0n) is 21.0. The van der Waals surface area contributed by atoms with E-state index in [9.17, 15) is 22.9 Å².